The van der Waals surface area contributed by atoms with Crippen LogP contribution in [0.4, 0.5) is 22.7 Å². The van der Waals surface area contributed by atoms with Crippen LogP contribution in [-0.4, -0.2) is 13.1 Å². The van der Waals surface area contributed by atoms with Crippen LogP contribution in [0.1, 0.15) is 50.7 Å². The molecule has 6 heteroatoms. The van der Waals surface area contributed by atoms with E-state index < -0.39 is 0 Å². The number of fused-ring (bicyclic) bond motifs is 2. The van der Waals surface area contributed by atoms with Gasteiger partial charge in [0.25, 0.3) is 0 Å². The monoisotopic (exact) mass is 634 g/mol. The number of hydrogen-bond donors (Lipinski definition) is 0. The molecule has 0 atom stereocenters. The zero-order valence-corrected chi connectivity index (χ0v) is 24.1. The van der Waals surface area contributed by atoms with Gasteiger partial charge in [-0.15, -0.1) is 11.1 Å². The van der Waals surface area contributed by atoms with Crippen LogP contribution < -0.4 is 19.6 Å². The summed E-state index contributed by atoms with van der Waals surface area (Å²) >= 11 is 5.35. The van der Waals surface area contributed by atoms with Crippen molar-refractivity contribution in [2.45, 2.75) is 52.6 Å². The summed E-state index contributed by atoms with van der Waals surface area (Å²) in [7, 11) is 0. The van der Waals surface area contributed by atoms with Gasteiger partial charge in [0, 0.05) is 26.2 Å². The average Bonchev–Trinajstić information content (AvgIpc) is 3.45. The van der Waals surface area contributed by atoms with E-state index in [9.17, 15) is 0 Å². The molecular formula is C30H33BrN4Pd. The Bertz CT molecular complexity index is 1020. The number of anilines is 4. The van der Waals surface area contributed by atoms with Crippen LogP contribution >= 0.6 is 13.4 Å². The minimum absolute atomic E-state index is 0.764. The molecule has 0 amide bonds. The van der Waals surface area contributed by atoms with Crippen molar-refractivity contribution in [3.05, 3.63) is 97.3 Å². The number of unbranched alkanes of at least 4 members (excludes halogenated alkanes) is 2. The number of rotatable bonds is 10. The van der Waals surface area contributed by atoms with Gasteiger partial charge in [0.15, 0.2) is 0 Å². The van der Waals surface area contributed by atoms with Gasteiger partial charge in [0.1, 0.15) is 0 Å². The molecule has 0 saturated heterocycles. The molecule has 0 aliphatic carbocycles. The zero-order chi connectivity index (χ0) is 25.3. The number of hydrogen-bond acceptors (Lipinski definition) is 4. The second-order valence-corrected chi connectivity index (χ2v) is 9.06. The van der Waals surface area contributed by atoms with Gasteiger partial charge < -0.3 is 19.6 Å². The van der Waals surface area contributed by atoms with Crippen LogP contribution in [0.5, 0.6) is 0 Å². The zero-order valence-electron chi connectivity index (χ0n) is 21.0. The van der Waals surface area contributed by atoms with Crippen LogP contribution in [0, 0.1) is 19.4 Å². The molecule has 0 aromatic heterocycles. The Morgan fingerprint density at radius 3 is 1.39 bits per heavy atom. The van der Waals surface area contributed by atoms with Crippen LogP contribution in [0.25, 0.3) is 0 Å². The first-order valence-corrected chi connectivity index (χ1v) is 16.2. The van der Waals surface area contributed by atoms with Gasteiger partial charge in [-0.3, -0.25) is 0 Å². The van der Waals surface area contributed by atoms with Gasteiger partial charge in [-0.05, 0) is 37.1 Å². The molecular weight excluding hydrogens is 603 g/mol. The normalized spacial score (nSPS) is 14.0. The Kier molecular flexibility index (Phi) is 10.2. The topological polar surface area (TPSA) is 13.0 Å². The summed E-state index contributed by atoms with van der Waals surface area (Å²) in [6.07, 6.45) is 4.69. The van der Waals surface area contributed by atoms with Crippen LogP contribution in [0.15, 0.2) is 66.7 Å². The molecule has 0 spiro atoms. The summed E-state index contributed by atoms with van der Waals surface area (Å²) in [6, 6.07) is 27.4. The molecule has 4 radical (unpaired) electrons. The fraction of sp³-hybridized carbons (Fsp3) is 0.333. The molecule has 0 fully saturated rings. The van der Waals surface area contributed by atoms with Crippen molar-refractivity contribution in [3.8, 4) is 0 Å². The first kappa shape index (κ1) is 27.0. The van der Waals surface area contributed by atoms with Gasteiger partial charge in [-0.1, -0.05) is 51.0 Å². The fourth-order valence-corrected chi connectivity index (χ4v) is 4.66. The number of halogens is 1. The molecule has 2 aliphatic heterocycles. The molecule has 0 saturated carbocycles. The standard InChI is InChI=1S/C30H33N4.BrH.Pd/c1-3-5-18-31-23-33(29-16-9-7-14-27(29)31)21-25-12-11-13-26(20-25)22-34-24-32(19-6-4-2)28-15-8-10-17-30(28)34;;/h7-17H,3-6,18-19,21-22H2,1-2H3;1H;/q-1;;+2/p-1. The molecule has 0 bridgehead atoms. The van der Waals surface area contributed by atoms with Crippen molar-refractivity contribution in [1.82, 2.24) is 0 Å². The van der Waals surface area contributed by atoms with Crippen molar-refractivity contribution in [1.29, 1.82) is 0 Å². The Balaban J connectivity index is 0.00000148. The molecule has 190 valence electrons. The van der Waals surface area contributed by atoms with Gasteiger partial charge in [0.05, 0.1) is 22.7 Å². The summed E-state index contributed by atoms with van der Waals surface area (Å²) in [6.45, 7) is 15.2. The Morgan fingerprint density at radius 2 is 1.00 bits per heavy atom. The quantitative estimate of drug-likeness (QED) is 0.168. The SMILES string of the molecule is CCCCN1[C]N(Cc2[c-]c(CN3[C]N(CCCC)c4ccccc43)ccc2)c2ccccc21.[Br][Pd+]. The molecule has 2 aliphatic rings. The molecule has 0 unspecified atom stereocenters. The molecule has 0 N–H and O–H groups in total. The van der Waals surface area contributed by atoms with E-state index in [1.807, 2.05) is 0 Å². The number of nitrogens with zero attached hydrogens (tertiary/aromatic N) is 4. The van der Waals surface area contributed by atoms with E-state index in [0.29, 0.717) is 0 Å². The third kappa shape index (κ3) is 6.28. The molecule has 3 aromatic carbocycles. The minimum atomic E-state index is 0.764. The first-order valence-electron chi connectivity index (χ1n) is 12.7. The van der Waals surface area contributed by atoms with Crippen LogP contribution in [0.3, 0.4) is 0 Å². The van der Waals surface area contributed by atoms with Gasteiger partial charge in [0.2, 0.25) is 13.3 Å². The van der Waals surface area contributed by atoms with Crippen molar-refractivity contribution in [3.63, 3.8) is 0 Å². The van der Waals surface area contributed by atoms with Crippen molar-refractivity contribution in [2.75, 3.05) is 32.7 Å². The van der Waals surface area contributed by atoms with E-state index in [1.54, 1.807) is 0 Å². The third-order valence-electron chi connectivity index (χ3n) is 6.45. The summed E-state index contributed by atoms with van der Waals surface area (Å²) in [5.74, 6) is 0. The third-order valence-corrected chi connectivity index (χ3v) is 6.45. The molecule has 2 heterocycles. The van der Waals surface area contributed by atoms with Crippen molar-refractivity contribution >= 4 is 36.2 Å². The summed E-state index contributed by atoms with van der Waals surface area (Å²) < 4.78 is 0. The number of para-hydroxylation sites is 4. The van der Waals surface area contributed by atoms with E-state index in [4.69, 9.17) is 0 Å². The summed E-state index contributed by atoms with van der Waals surface area (Å²) in [4.78, 5) is 8.99. The van der Waals surface area contributed by atoms with Crippen molar-refractivity contribution in [2.24, 2.45) is 0 Å². The van der Waals surface area contributed by atoms with E-state index in [0.717, 1.165) is 39.0 Å². The molecule has 3 aromatic rings. The molecule has 5 rings (SSSR count). The maximum absolute atomic E-state index is 3.68. The second-order valence-electron chi connectivity index (χ2n) is 9.06. The fourth-order valence-electron chi connectivity index (χ4n) is 4.66. The van der Waals surface area contributed by atoms with Crippen LogP contribution in [-0.2, 0) is 30.3 Å². The Morgan fingerprint density at radius 1 is 0.611 bits per heavy atom. The van der Waals surface area contributed by atoms with E-state index in [2.05, 4.69) is 150 Å². The first-order chi connectivity index (χ1) is 17.8. The maximum atomic E-state index is 3.68. The second kappa shape index (κ2) is 13.5. The average molecular weight is 636 g/mol. The Hall–Kier alpha value is -2.00. The summed E-state index contributed by atoms with van der Waals surface area (Å²) in [5.41, 5.74) is 7.28. The van der Waals surface area contributed by atoms with Gasteiger partial charge in [-0.25, -0.2) is 0 Å². The van der Waals surface area contributed by atoms with E-state index >= 15 is 0 Å². The van der Waals surface area contributed by atoms with Gasteiger partial charge in [-0.2, -0.15) is 24.3 Å². The number of benzene rings is 3. The van der Waals surface area contributed by atoms with Gasteiger partial charge >= 0.3 is 30.6 Å². The van der Waals surface area contributed by atoms with E-state index in [-0.39, 0.29) is 0 Å². The summed E-state index contributed by atoms with van der Waals surface area (Å²) in [5, 5.41) is 0. The Labute approximate surface area is 234 Å². The molecule has 4 nitrogen and oxygen atoms in total. The van der Waals surface area contributed by atoms with E-state index in [1.165, 1.54) is 46.7 Å². The predicted molar refractivity (Wildman–Crippen MR) is 150 cm³/mol. The molecule has 36 heavy (non-hydrogen) atoms. The van der Waals surface area contributed by atoms with Crippen molar-refractivity contribution < 1.29 is 17.2 Å². The predicted octanol–water partition coefficient (Wildman–Crippen LogP) is 7.58. The van der Waals surface area contributed by atoms with Crippen LogP contribution in [0.2, 0.25) is 0 Å².